The number of imidazole rings is 1. The summed E-state index contributed by atoms with van der Waals surface area (Å²) in [6, 6.07) is 16.1. The fraction of sp³-hybridized carbons (Fsp3) is 0.310. The van der Waals surface area contributed by atoms with E-state index in [0.29, 0.717) is 73.6 Å². The monoisotopic (exact) mass is 569 g/mol. The Hall–Kier alpha value is -5.04. The molecule has 0 aliphatic carbocycles. The van der Waals surface area contributed by atoms with E-state index in [1.54, 1.807) is 41.3 Å². The highest BCUT2D eigenvalue weighted by atomic mass is 16.5. The molecule has 2 aromatic carbocycles. The smallest absolute Gasteiger partial charge is 0.269 e. The van der Waals surface area contributed by atoms with Crippen LogP contribution in [0.5, 0.6) is 0 Å². The minimum atomic E-state index is -0.671. The standard InChI is InChI=1S/C29H31N9O4/c30-24(39)23-17-31-26-25(32-21-10-8-20(9-11-21)28(41)36-13-15-42-16-14-36)34-29(35-38(23)26)37-12-4-7-22(18-37)33-27(40)19-5-2-1-3-6-19/h1-3,5-6,8-11,17,22H,4,7,12-16,18H2,(H2,30,39)(H,33,40)(H,32,34,35). The fourth-order valence-corrected chi connectivity index (χ4v) is 5.17. The molecule has 2 aliphatic heterocycles. The van der Waals surface area contributed by atoms with Gasteiger partial charge in [0.1, 0.15) is 0 Å². The van der Waals surface area contributed by atoms with E-state index in [1.165, 1.54) is 10.7 Å². The van der Waals surface area contributed by atoms with Crippen LogP contribution in [0.25, 0.3) is 5.65 Å². The van der Waals surface area contributed by atoms with Crippen molar-refractivity contribution in [1.29, 1.82) is 0 Å². The molecule has 1 unspecified atom stereocenters. The third-order valence-corrected chi connectivity index (χ3v) is 7.37. The number of morpholine rings is 1. The Bertz CT molecular complexity index is 1600. The van der Waals surface area contributed by atoms with Crippen LogP contribution in [0.2, 0.25) is 0 Å². The number of piperidine rings is 1. The van der Waals surface area contributed by atoms with Gasteiger partial charge in [0.2, 0.25) is 5.95 Å². The molecule has 2 aliphatic rings. The maximum absolute atomic E-state index is 12.8. The van der Waals surface area contributed by atoms with Crippen LogP contribution in [-0.4, -0.2) is 87.6 Å². The zero-order valence-corrected chi connectivity index (χ0v) is 22.9. The zero-order chi connectivity index (χ0) is 29.1. The summed E-state index contributed by atoms with van der Waals surface area (Å²) in [6.07, 6.45) is 3.00. The van der Waals surface area contributed by atoms with Crippen molar-refractivity contribution in [3.8, 4) is 0 Å². The molecule has 3 amide bonds. The lowest BCUT2D eigenvalue weighted by Gasteiger charge is -2.33. The van der Waals surface area contributed by atoms with E-state index in [1.807, 2.05) is 23.1 Å². The number of benzene rings is 2. The van der Waals surface area contributed by atoms with Crippen molar-refractivity contribution >= 4 is 40.8 Å². The largest absolute Gasteiger partial charge is 0.378 e. The van der Waals surface area contributed by atoms with Crippen LogP contribution in [0.3, 0.4) is 0 Å². The number of hydrogen-bond donors (Lipinski definition) is 3. The van der Waals surface area contributed by atoms with Gasteiger partial charge in [-0.15, -0.1) is 5.10 Å². The first kappa shape index (κ1) is 27.1. The summed E-state index contributed by atoms with van der Waals surface area (Å²) in [5.74, 6) is -0.119. The normalized spacial score (nSPS) is 17.2. The molecule has 0 radical (unpaired) electrons. The number of carbonyl (C=O) groups is 3. The van der Waals surface area contributed by atoms with Crippen molar-refractivity contribution in [2.45, 2.75) is 18.9 Å². The molecule has 1 atom stereocenters. The molecule has 13 nitrogen and oxygen atoms in total. The second-order valence-corrected chi connectivity index (χ2v) is 10.2. The van der Waals surface area contributed by atoms with E-state index >= 15 is 0 Å². The summed E-state index contributed by atoms with van der Waals surface area (Å²) in [4.78, 5) is 50.6. The fourth-order valence-electron chi connectivity index (χ4n) is 5.17. The molecule has 4 heterocycles. The van der Waals surface area contributed by atoms with Crippen molar-refractivity contribution in [2.75, 3.05) is 49.6 Å². The van der Waals surface area contributed by atoms with E-state index < -0.39 is 5.91 Å². The highest BCUT2D eigenvalue weighted by molar-refractivity contribution is 5.95. The molecule has 0 spiro atoms. The molecular weight excluding hydrogens is 538 g/mol. The SMILES string of the molecule is NC(=O)c1cnc2c(Nc3ccc(C(=O)N4CCOCC4)cc3)nc(N3CCCC(NC(=O)c4ccccc4)C3)nn12. The van der Waals surface area contributed by atoms with Crippen LogP contribution < -0.4 is 21.3 Å². The van der Waals surface area contributed by atoms with E-state index in [4.69, 9.17) is 15.5 Å². The van der Waals surface area contributed by atoms with Gasteiger partial charge < -0.3 is 30.9 Å². The average molecular weight is 570 g/mol. The van der Waals surface area contributed by atoms with Gasteiger partial charge in [-0.1, -0.05) is 18.2 Å². The summed E-state index contributed by atoms with van der Waals surface area (Å²) in [7, 11) is 0. The van der Waals surface area contributed by atoms with Gasteiger partial charge in [-0.3, -0.25) is 14.4 Å². The third-order valence-electron chi connectivity index (χ3n) is 7.37. The molecule has 0 bridgehead atoms. The molecule has 2 saturated heterocycles. The van der Waals surface area contributed by atoms with E-state index in [9.17, 15) is 14.4 Å². The van der Waals surface area contributed by atoms with Crippen molar-refractivity contribution in [2.24, 2.45) is 5.73 Å². The molecule has 4 N–H and O–H groups in total. The Morgan fingerprint density at radius 2 is 1.71 bits per heavy atom. The van der Waals surface area contributed by atoms with Crippen molar-refractivity contribution < 1.29 is 19.1 Å². The Balaban J connectivity index is 1.24. The van der Waals surface area contributed by atoms with Crippen LogP contribution in [0.1, 0.15) is 44.0 Å². The second kappa shape index (κ2) is 11.8. The van der Waals surface area contributed by atoms with Crippen molar-refractivity contribution in [3.63, 3.8) is 0 Å². The number of rotatable bonds is 7. The lowest BCUT2D eigenvalue weighted by Crippen LogP contribution is -2.48. The minimum Gasteiger partial charge on any atom is -0.378 e. The van der Waals surface area contributed by atoms with Crippen LogP contribution >= 0.6 is 0 Å². The Labute approximate surface area is 241 Å². The number of ether oxygens (including phenoxy) is 1. The maximum atomic E-state index is 12.8. The number of amides is 3. The molecule has 4 aromatic rings. The van der Waals surface area contributed by atoms with Gasteiger partial charge in [-0.05, 0) is 49.2 Å². The quantitative estimate of drug-likeness (QED) is 0.302. The Kier molecular flexibility index (Phi) is 7.64. The summed E-state index contributed by atoms with van der Waals surface area (Å²) in [6.45, 7) is 3.36. The molecule has 0 saturated carbocycles. The van der Waals surface area contributed by atoms with Gasteiger partial charge in [0.25, 0.3) is 17.7 Å². The number of aromatic nitrogens is 4. The molecule has 42 heavy (non-hydrogen) atoms. The van der Waals surface area contributed by atoms with E-state index in [-0.39, 0.29) is 23.6 Å². The number of nitrogens with one attached hydrogen (secondary N) is 2. The van der Waals surface area contributed by atoms with E-state index in [2.05, 4.69) is 20.7 Å². The number of nitrogens with two attached hydrogens (primary N) is 1. The van der Waals surface area contributed by atoms with Gasteiger partial charge in [-0.2, -0.15) is 4.98 Å². The lowest BCUT2D eigenvalue weighted by atomic mass is 10.1. The summed E-state index contributed by atoms with van der Waals surface area (Å²) >= 11 is 0. The second-order valence-electron chi connectivity index (χ2n) is 10.2. The number of carbonyl (C=O) groups excluding carboxylic acids is 3. The highest BCUT2D eigenvalue weighted by Crippen LogP contribution is 2.25. The van der Waals surface area contributed by atoms with Gasteiger partial charge >= 0.3 is 0 Å². The minimum absolute atomic E-state index is 0.0464. The maximum Gasteiger partial charge on any atom is 0.269 e. The van der Waals surface area contributed by atoms with Gasteiger partial charge in [0.15, 0.2) is 17.2 Å². The molecule has 2 fully saturated rings. The number of anilines is 3. The molecular formula is C29H31N9O4. The number of hydrogen-bond acceptors (Lipinski definition) is 9. The van der Waals surface area contributed by atoms with Crippen molar-refractivity contribution in [1.82, 2.24) is 29.8 Å². The first-order chi connectivity index (χ1) is 20.5. The number of fused-ring (bicyclic) bond motifs is 1. The van der Waals surface area contributed by atoms with Crippen LogP contribution in [0, 0.1) is 0 Å². The molecule has 13 heteroatoms. The van der Waals surface area contributed by atoms with Gasteiger partial charge in [-0.25, -0.2) is 9.50 Å². The highest BCUT2D eigenvalue weighted by Gasteiger charge is 2.26. The molecule has 6 rings (SSSR count). The summed E-state index contributed by atoms with van der Waals surface area (Å²) in [5, 5.41) is 11.0. The third kappa shape index (κ3) is 5.72. The van der Waals surface area contributed by atoms with Gasteiger partial charge in [0.05, 0.1) is 19.4 Å². The van der Waals surface area contributed by atoms with E-state index in [0.717, 1.165) is 12.8 Å². The Morgan fingerprint density at radius 3 is 2.45 bits per heavy atom. The van der Waals surface area contributed by atoms with Crippen LogP contribution in [0.4, 0.5) is 17.5 Å². The Morgan fingerprint density at radius 1 is 0.952 bits per heavy atom. The molecule has 216 valence electrons. The topological polar surface area (TPSA) is 160 Å². The predicted octanol–water partition coefficient (Wildman–Crippen LogP) is 1.84. The summed E-state index contributed by atoms with van der Waals surface area (Å²) in [5.41, 5.74) is 7.90. The van der Waals surface area contributed by atoms with Crippen LogP contribution in [0.15, 0.2) is 60.8 Å². The van der Waals surface area contributed by atoms with Crippen molar-refractivity contribution in [3.05, 3.63) is 77.6 Å². The predicted molar refractivity (Wildman–Crippen MR) is 155 cm³/mol. The molecule has 2 aromatic heterocycles. The number of nitrogens with zero attached hydrogens (tertiary/aromatic N) is 6. The lowest BCUT2D eigenvalue weighted by molar-refractivity contribution is 0.0303. The first-order valence-corrected chi connectivity index (χ1v) is 13.9. The summed E-state index contributed by atoms with van der Waals surface area (Å²) < 4.78 is 6.73. The first-order valence-electron chi connectivity index (χ1n) is 13.9. The zero-order valence-electron chi connectivity index (χ0n) is 22.9. The number of primary amides is 1. The van der Waals surface area contributed by atoms with Gasteiger partial charge in [0, 0.05) is 49.0 Å². The average Bonchev–Trinajstić information content (AvgIpc) is 3.47. The van der Waals surface area contributed by atoms with Crippen LogP contribution in [-0.2, 0) is 4.74 Å².